The third-order valence-electron chi connectivity index (χ3n) is 2.72. The lowest BCUT2D eigenvalue weighted by atomic mass is 10.1. The maximum atomic E-state index is 11.2. The van der Waals surface area contributed by atoms with Crippen LogP contribution in [0.5, 0.6) is 0 Å². The topological polar surface area (TPSA) is 113 Å². The van der Waals surface area contributed by atoms with E-state index in [-0.39, 0.29) is 6.42 Å². The van der Waals surface area contributed by atoms with Crippen molar-refractivity contribution in [3.8, 4) is 0 Å². The number of unbranched alkanes of at least 4 members (excludes halogenated alkanes) is 4. The Labute approximate surface area is 118 Å². The average molecular weight is 292 g/mol. The van der Waals surface area contributed by atoms with E-state index >= 15 is 0 Å². The molecule has 0 aromatic carbocycles. The van der Waals surface area contributed by atoms with Crippen LogP contribution in [0.15, 0.2) is 0 Å². The number of carbonyl (C=O) groups is 2. The van der Waals surface area contributed by atoms with Gasteiger partial charge in [-0.1, -0.05) is 32.6 Å². The normalized spacial score (nSPS) is 13.6. The minimum absolute atomic E-state index is 0.165. The summed E-state index contributed by atoms with van der Waals surface area (Å²) in [6.45, 7) is 1.42. The predicted octanol–water partition coefficient (Wildman–Crippen LogP) is 0.452. The van der Waals surface area contributed by atoms with Gasteiger partial charge in [-0.05, 0) is 6.42 Å². The van der Waals surface area contributed by atoms with Crippen LogP contribution in [0.25, 0.3) is 0 Å². The van der Waals surface area contributed by atoms with Crippen LogP contribution >= 0.6 is 0 Å². The van der Waals surface area contributed by atoms with E-state index in [2.05, 4.69) is 16.7 Å². The Bertz CT molecular complexity index is 280. The second kappa shape index (κ2) is 11.6. The van der Waals surface area contributed by atoms with Crippen LogP contribution in [0.1, 0.15) is 51.9 Å². The molecule has 0 rings (SSSR count). The molecule has 0 saturated heterocycles. The van der Waals surface area contributed by atoms with E-state index in [0.29, 0.717) is 6.42 Å². The maximum Gasteiger partial charge on any atom is 0.358 e. The summed E-state index contributed by atoms with van der Waals surface area (Å²) in [7, 11) is 0. The van der Waals surface area contributed by atoms with Crippen molar-refractivity contribution in [3.05, 3.63) is 0 Å². The summed E-state index contributed by atoms with van der Waals surface area (Å²) in [4.78, 5) is 30.8. The Kier molecular flexibility index (Phi) is 10.9. The van der Waals surface area contributed by atoms with Crippen molar-refractivity contribution in [1.29, 1.82) is 0 Å². The molecule has 0 spiro atoms. The fraction of sp³-hybridized carbons (Fsp3) is 0.846. The second-order valence-corrected chi connectivity index (χ2v) is 4.60. The third kappa shape index (κ3) is 9.71. The molecule has 0 fully saturated rings. The Morgan fingerprint density at radius 2 is 1.55 bits per heavy atom. The molecular formula is C13H24O7. The van der Waals surface area contributed by atoms with Gasteiger partial charge in [-0.15, -0.1) is 0 Å². The zero-order valence-corrected chi connectivity index (χ0v) is 11.8. The van der Waals surface area contributed by atoms with Crippen LogP contribution in [0, 0.1) is 0 Å². The zero-order chi connectivity index (χ0) is 15.4. The van der Waals surface area contributed by atoms with Crippen LogP contribution in [-0.4, -0.2) is 46.1 Å². The number of rotatable bonds is 10. The van der Waals surface area contributed by atoms with Crippen LogP contribution < -0.4 is 0 Å². The molecule has 20 heavy (non-hydrogen) atoms. The lowest BCUT2D eigenvalue weighted by Crippen LogP contribution is -2.32. The zero-order valence-electron chi connectivity index (χ0n) is 11.8. The van der Waals surface area contributed by atoms with E-state index in [1.807, 2.05) is 0 Å². The number of carbonyl (C=O) groups excluding carboxylic acids is 2. The molecule has 0 aliphatic carbocycles. The summed E-state index contributed by atoms with van der Waals surface area (Å²) in [5.74, 6) is -1.63. The first-order chi connectivity index (χ1) is 9.51. The highest BCUT2D eigenvalue weighted by Crippen LogP contribution is 2.06. The van der Waals surface area contributed by atoms with E-state index in [1.54, 1.807) is 0 Å². The molecule has 0 aliphatic heterocycles. The first-order valence-electron chi connectivity index (χ1n) is 6.88. The van der Waals surface area contributed by atoms with Crippen LogP contribution in [0.4, 0.5) is 0 Å². The van der Waals surface area contributed by atoms with Crippen molar-refractivity contribution in [2.75, 3.05) is 6.61 Å². The number of aliphatic hydroxyl groups excluding tert-OH is 3. The summed E-state index contributed by atoms with van der Waals surface area (Å²) in [6.07, 6.45) is 1.58. The summed E-state index contributed by atoms with van der Waals surface area (Å²) in [6, 6.07) is 0. The van der Waals surface area contributed by atoms with E-state index in [1.165, 1.54) is 0 Å². The van der Waals surface area contributed by atoms with Gasteiger partial charge in [0.15, 0.2) is 0 Å². The minimum Gasteiger partial charge on any atom is -0.394 e. The molecule has 0 aliphatic rings. The van der Waals surface area contributed by atoms with Crippen molar-refractivity contribution in [1.82, 2.24) is 0 Å². The Balaban J connectivity index is 3.65. The highest BCUT2D eigenvalue weighted by atomic mass is 17.2. The van der Waals surface area contributed by atoms with E-state index in [0.717, 1.165) is 25.7 Å². The van der Waals surface area contributed by atoms with Crippen molar-refractivity contribution in [2.24, 2.45) is 0 Å². The molecule has 0 bridgehead atoms. The fourth-order valence-corrected chi connectivity index (χ4v) is 1.47. The highest BCUT2D eigenvalue weighted by Gasteiger charge is 2.21. The SMILES string of the molecule is CCCCCCCC(=O)OOC(=O)CC(O)C(O)CO. The average Bonchev–Trinajstić information content (AvgIpc) is 2.43. The molecule has 0 saturated carbocycles. The van der Waals surface area contributed by atoms with Gasteiger partial charge in [0, 0.05) is 0 Å². The molecule has 7 heteroatoms. The molecule has 0 radical (unpaired) electrons. The fourth-order valence-electron chi connectivity index (χ4n) is 1.47. The quantitative estimate of drug-likeness (QED) is 0.304. The van der Waals surface area contributed by atoms with Crippen molar-refractivity contribution >= 4 is 11.9 Å². The standard InChI is InChI=1S/C13H24O7/c1-2-3-4-5-6-7-12(17)19-20-13(18)8-10(15)11(16)9-14/h10-11,14-16H,2-9H2,1H3. The molecule has 7 nitrogen and oxygen atoms in total. The summed E-state index contributed by atoms with van der Waals surface area (Å²) >= 11 is 0. The Morgan fingerprint density at radius 1 is 0.950 bits per heavy atom. The Hall–Kier alpha value is -1.18. The third-order valence-corrected chi connectivity index (χ3v) is 2.72. The molecule has 0 heterocycles. The number of hydrogen-bond acceptors (Lipinski definition) is 7. The Morgan fingerprint density at radius 3 is 2.15 bits per heavy atom. The molecule has 3 N–H and O–H groups in total. The second-order valence-electron chi connectivity index (χ2n) is 4.60. The van der Waals surface area contributed by atoms with Gasteiger partial charge < -0.3 is 15.3 Å². The van der Waals surface area contributed by atoms with Gasteiger partial charge in [0.25, 0.3) is 0 Å². The summed E-state index contributed by atoms with van der Waals surface area (Å²) < 4.78 is 0. The molecule has 118 valence electrons. The highest BCUT2D eigenvalue weighted by molar-refractivity contribution is 5.73. The van der Waals surface area contributed by atoms with Gasteiger partial charge in [0.2, 0.25) is 0 Å². The molecule has 0 aromatic rings. The van der Waals surface area contributed by atoms with Crippen LogP contribution in [-0.2, 0) is 19.4 Å². The molecule has 0 aromatic heterocycles. The molecule has 2 unspecified atom stereocenters. The maximum absolute atomic E-state index is 11.2. The van der Waals surface area contributed by atoms with Crippen molar-refractivity contribution < 1.29 is 34.7 Å². The van der Waals surface area contributed by atoms with E-state index in [9.17, 15) is 14.7 Å². The first kappa shape index (κ1) is 18.8. The monoisotopic (exact) mass is 292 g/mol. The van der Waals surface area contributed by atoms with Gasteiger partial charge in [-0.2, -0.15) is 0 Å². The van der Waals surface area contributed by atoms with Gasteiger partial charge in [0.1, 0.15) is 6.10 Å². The van der Waals surface area contributed by atoms with Gasteiger partial charge in [0.05, 0.1) is 25.6 Å². The lowest BCUT2D eigenvalue weighted by Gasteiger charge is -2.13. The number of aliphatic hydroxyl groups is 3. The van der Waals surface area contributed by atoms with Crippen LogP contribution in [0.3, 0.4) is 0 Å². The summed E-state index contributed by atoms with van der Waals surface area (Å²) in [5.41, 5.74) is 0. The molecular weight excluding hydrogens is 268 g/mol. The van der Waals surface area contributed by atoms with E-state index < -0.39 is 37.2 Å². The lowest BCUT2D eigenvalue weighted by molar-refractivity contribution is -0.260. The molecule has 2 atom stereocenters. The molecule has 0 amide bonds. The number of hydrogen-bond donors (Lipinski definition) is 3. The van der Waals surface area contributed by atoms with Crippen LogP contribution in [0.2, 0.25) is 0 Å². The largest absolute Gasteiger partial charge is 0.394 e. The minimum atomic E-state index is -1.46. The van der Waals surface area contributed by atoms with Crippen molar-refractivity contribution in [3.63, 3.8) is 0 Å². The summed E-state index contributed by atoms with van der Waals surface area (Å²) in [5, 5.41) is 26.8. The van der Waals surface area contributed by atoms with Crippen molar-refractivity contribution in [2.45, 2.75) is 64.1 Å². The van der Waals surface area contributed by atoms with E-state index in [4.69, 9.17) is 10.2 Å². The van der Waals surface area contributed by atoms with Gasteiger partial charge in [-0.3, -0.25) is 0 Å². The van der Waals surface area contributed by atoms with Gasteiger partial charge >= 0.3 is 11.9 Å². The predicted molar refractivity (Wildman–Crippen MR) is 69.3 cm³/mol. The van der Waals surface area contributed by atoms with Gasteiger partial charge in [-0.25, -0.2) is 19.4 Å². The smallest absolute Gasteiger partial charge is 0.358 e. The first-order valence-corrected chi connectivity index (χ1v) is 6.88.